The number of carbonyl (C=O) groups excluding carboxylic acids is 1. The third-order valence-electron chi connectivity index (χ3n) is 6.47. The summed E-state index contributed by atoms with van der Waals surface area (Å²) in [6.07, 6.45) is 10.9. The van der Waals surface area contributed by atoms with Gasteiger partial charge < -0.3 is 14.6 Å². The van der Waals surface area contributed by atoms with Crippen molar-refractivity contribution in [3.63, 3.8) is 0 Å². The number of ketones is 1. The van der Waals surface area contributed by atoms with Gasteiger partial charge >= 0.3 is 0 Å². The Kier molecular flexibility index (Phi) is 14.0. The molecule has 1 fully saturated rings. The lowest BCUT2D eigenvalue weighted by Crippen LogP contribution is -2.49. The van der Waals surface area contributed by atoms with Crippen molar-refractivity contribution in [1.82, 2.24) is 4.98 Å². The van der Waals surface area contributed by atoms with Crippen LogP contribution in [-0.2, 0) is 27.1 Å². The summed E-state index contributed by atoms with van der Waals surface area (Å²) < 4.78 is 11.3. The lowest BCUT2D eigenvalue weighted by molar-refractivity contribution is -0.173. The van der Waals surface area contributed by atoms with E-state index in [0.29, 0.717) is 24.9 Å². The van der Waals surface area contributed by atoms with Crippen molar-refractivity contribution in [3.05, 3.63) is 29.6 Å². The molecule has 0 bridgehead atoms. The van der Waals surface area contributed by atoms with E-state index in [1.165, 1.54) is 31.2 Å². The Labute approximate surface area is 202 Å². The summed E-state index contributed by atoms with van der Waals surface area (Å²) >= 11 is 0. The van der Waals surface area contributed by atoms with Crippen molar-refractivity contribution in [2.75, 3.05) is 20.5 Å². The average Bonchev–Trinajstić information content (AvgIpc) is 3.59. The van der Waals surface area contributed by atoms with Gasteiger partial charge in [0.05, 0.1) is 0 Å². The minimum Gasteiger partial charge on any atom is -0.396 e. The fourth-order valence-corrected chi connectivity index (χ4v) is 3.97. The number of hydrogen-bond donors (Lipinski definition) is 1. The zero-order chi connectivity index (χ0) is 24.9. The van der Waals surface area contributed by atoms with Gasteiger partial charge in [-0.15, -0.1) is 0 Å². The third kappa shape index (κ3) is 11.6. The fourth-order valence-electron chi connectivity index (χ4n) is 3.97. The van der Waals surface area contributed by atoms with Crippen LogP contribution >= 0.6 is 0 Å². The van der Waals surface area contributed by atoms with E-state index in [-0.39, 0.29) is 18.5 Å². The lowest BCUT2D eigenvalue weighted by atomic mass is 9.77. The first-order valence-corrected chi connectivity index (χ1v) is 12.8. The second-order valence-corrected chi connectivity index (χ2v) is 10.6. The maximum absolute atomic E-state index is 12.8. The summed E-state index contributed by atoms with van der Waals surface area (Å²) in [7, 11) is 1.60. The molecular weight excluding hydrogens is 414 g/mol. The second kappa shape index (κ2) is 15.6. The molecule has 33 heavy (non-hydrogen) atoms. The molecule has 0 saturated heterocycles. The first-order chi connectivity index (χ1) is 15.6. The van der Waals surface area contributed by atoms with Crippen LogP contribution in [0.5, 0.6) is 0 Å². The molecule has 2 unspecified atom stereocenters. The van der Waals surface area contributed by atoms with Crippen molar-refractivity contribution in [2.45, 2.75) is 98.5 Å². The molecular formula is C28H49NO4. The minimum absolute atomic E-state index is 0.0572. The van der Waals surface area contributed by atoms with Gasteiger partial charge in [-0.25, -0.2) is 0 Å². The van der Waals surface area contributed by atoms with E-state index < -0.39 is 5.60 Å². The van der Waals surface area contributed by atoms with Crippen LogP contribution in [0, 0.1) is 23.7 Å². The molecule has 0 amide bonds. The van der Waals surface area contributed by atoms with E-state index in [2.05, 4.69) is 37.9 Å². The van der Waals surface area contributed by atoms with Crippen molar-refractivity contribution in [2.24, 2.45) is 23.7 Å². The van der Waals surface area contributed by atoms with Crippen molar-refractivity contribution < 1.29 is 19.4 Å². The normalized spacial score (nSPS) is 16.3. The maximum Gasteiger partial charge on any atom is 0.162 e. The number of aromatic nitrogens is 1. The molecule has 0 aromatic carbocycles. The SMILES string of the molecule is CC(C)CO.COCOC(Cc1cc(CCCC2CC2)ccn1)(C(C)=O)C(C)CCC(C)C. The van der Waals surface area contributed by atoms with Crippen LogP contribution in [0.15, 0.2) is 18.3 Å². The summed E-state index contributed by atoms with van der Waals surface area (Å²) in [5.41, 5.74) is 1.36. The molecule has 5 heteroatoms. The van der Waals surface area contributed by atoms with Crippen LogP contribution in [0.1, 0.15) is 91.3 Å². The number of pyridine rings is 1. The van der Waals surface area contributed by atoms with Gasteiger partial charge in [-0.05, 0) is 67.6 Å². The van der Waals surface area contributed by atoms with Crippen LogP contribution in [0.4, 0.5) is 0 Å². The van der Waals surface area contributed by atoms with Crippen molar-refractivity contribution in [1.29, 1.82) is 0 Å². The van der Waals surface area contributed by atoms with Gasteiger partial charge in [-0.1, -0.05) is 60.3 Å². The highest BCUT2D eigenvalue weighted by Crippen LogP contribution is 2.34. The number of ether oxygens (including phenoxy) is 2. The van der Waals surface area contributed by atoms with Gasteiger partial charge in [0, 0.05) is 32.0 Å². The second-order valence-electron chi connectivity index (χ2n) is 10.6. The molecule has 2 rings (SSSR count). The van der Waals surface area contributed by atoms with Gasteiger partial charge in [-0.3, -0.25) is 9.78 Å². The summed E-state index contributed by atoms with van der Waals surface area (Å²) in [6.45, 7) is 12.6. The number of aliphatic hydroxyl groups is 1. The monoisotopic (exact) mass is 463 g/mol. The molecule has 1 aromatic rings. The summed E-state index contributed by atoms with van der Waals surface area (Å²) in [4.78, 5) is 17.4. The Morgan fingerprint density at radius 3 is 2.36 bits per heavy atom. The van der Waals surface area contributed by atoms with Gasteiger partial charge in [0.2, 0.25) is 0 Å². The van der Waals surface area contributed by atoms with Gasteiger partial charge in [0.25, 0.3) is 0 Å². The van der Waals surface area contributed by atoms with Crippen LogP contribution in [-0.4, -0.2) is 42.0 Å². The molecule has 1 N–H and O–H groups in total. The number of hydrogen-bond acceptors (Lipinski definition) is 5. The average molecular weight is 464 g/mol. The topological polar surface area (TPSA) is 68.7 Å². The number of methoxy groups -OCH3 is 1. The highest BCUT2D eigenvalue weighted by Gasteiger charge is 2.42. The largest absolute Gasteiger partial charge is 0.396 e. The molecule has 1 heterocycles. The molecule has 1 aliphatic carbocycles. The molecule has 1 aliphatic rings. The molecule has 190 valence electrons. The molecule has 0 radical (unpaired) electrons. The number of carbonyl (C=O) groups is 1. The van der Waals surface area contributed by atoms with E-state index in [1.54, 1.807) is 14.0 Å². The van der Waals surface area contributed by atoms with Gasteiger partial charge in [0.1, 0.15) is 12.4 Å². The van der Waals surface area contributed by atoms with Crippen LogP contribution in [0.2, 0.25) is 0 Å². The standard InChI is InChI=1S/C24H39NO3.C4H10O/c1-18(2)9-10-19(3)24(20(4)26,28-17-27-5)16-23-15-22(13-14-25-23)8-6-7-21-11-12-21;1-4(2)3-5/h13-15,18-19,21H,6-12,16-17H2,1-5H3;4-5H,3H2,1-2H3. The quantitative estimate of drug-likeness (QED) is 0.323. The Morgan fingerprint density at radius 1 is 1.18 bits per heavy atom. The highest BCUT2D eigenvalue weighted by atomic mass is 16.7. The van der Waals surface area contributed by atoms with E-state index in [1.807, 2.05) is 20.0 Å². The van der Waals surface area contributed by atoms with Gasteiger partial charge in [-0.2, -0.15) is 0 Å². The zero-order valence-corrected chi connectivity index (χ0v) is 22.2. The molecule has 5 nitrogen and oxygen atoms in total. The number of Topliss-reactive ketones (excluding diaryl/α,β-unsaturated/α-hetero) is 1. The van der Waals surface area contributed by atoms with Crippen LogP contribution in [0.25, 0.3) is 0 Å². The first-order valence-electron chi connectivity index (χ1n) is 12.8. The number of rotatable bonds is 15. The van der Waals surface area contributed by atoms with Crippen LogP contribution in [0.3, 0.4) is 0 Å². The van der Waals surface area contributed by atoms with Gasteiger partial charge in [0.15, 0.2) is 5.78 Å². The Morgan fingerprint density at radius 2 is 1.85 bits per heavy atom. The summed E-state index contributed by atoms with van der Waals surface area (Å²) in [6, 6.07) is 4.26. The van der Waals surface area contributed by atoms with Crippen molar-refractivity contribution in [3.8, 4) is 0 Å². The number of aryl methyl sites for hydroxylation is 1. The molecule has 0 spiro atoms. The molecule has 0 aliphatic heterocycles. The predicted octanol–water partition coefficient (Wildman–Crippen LogP) is 6.01. The minimum atomic E-state index is -0.884. The molecule has 1 saturated carbocycles. The van der Waals surface area contributed by atoms with E-state index in [0.717, 1.165) is 30.9 Å². The van der Waals surface area contributed by atoms with Crippen molar-refractivity contribution >= 4 is 5.78 Å². The first kappa shape index (κ1) is 29.7. The maximum atomic E-state index is 12.8. The van der Waals surface area contributed by atoms with Crippen LogP contribution < -0.4 is 0 Å². The fraction of sp³-hybridized carbons (Fsp3) is 0.786. The molecule has 2 atom stereocenters. The number of aliphatic hydroxyl groups excluding tert-OH is 1. The Hall–Kier alpha value is -1.30. The predicted molar refractivity (Wildman–Crippen MR) is 135 cm³/mol. The Balaban J connectivity index is 0.000000981. The summed E-state index contributed by atoms with van der Waals surface area (Å²) in [5, 5.41) is 8.14. The smallest absolute Gasteiger partial charge is 0.162 e. The molecule has 1 aromatic heterocycles. The Bertz CT molecular complexity index is 672. The highest BCUT2D eigenvalue weighted by molar-refractivity contribution is 5.85. The lowest BCUT2D eigenvalue weighted by Gasteiger charge is -2.37. The summed E-state index contributed by atoms with van der Waals surface area (Å²) in [5.74, 6) is 2.16. The zero-order valence-electron chi connectivity index (χ0n) is 22.2. The van der Waals surface area contributed by atoms with E-state index >= 15 is 0 Å². The third-order valence-corrected chi connectivity index (χ3v) is 6.47. The number of nitrogens with zero attached hydrogens (tertiary/aromatic N) is 1. The van der Waals surface area contributed by atoms with E-state index in [4.69, 9.17) is 14.6 Å². The van der Waals surface area contributed by atoms with E-state index in [9.17, 15) is 4.79 Å².